The van der Waals surface area contributed by atoms with Crippen molar-refractivity contribution < 1.29 is 18.1 Å². The second-order valence-electron chi connectivity index (χ2n) is 6.79. The van der Waals surface area contributed by atoms with Crippen LogP contribution < -0.4 is 9.34 Å². The standard InChI is InChI=1S/C19H24N2O4P2/c1-20(17-9-5-3-6-10-17)26-22-13-19(14-23-26)15-24-27(25-16-19)21(2)18-11-7-4-8-12-18/h3-12H,13-16H2,1-2H3. The van der Waals surface area contributed by atoms with Crippen molar-refractivity contribution >= 4 is 28.4 Å². The van der Waals surface area contributed by atoms with E-state index in [0.717, 1.165) is 11.4 Å². The fourth-order valence-corrected chi connectivity index (χ4v) is 5.94. The lowest BCUT2D eigenvalue weighted by Gasteiger charge is -2.45. The summed E-state index contributed by atoms with van der Waals surface area (Å²) >= 11 is 0. The average molecular weight is 406 g/mol. The van der Waals surface area contributed by atoms with E-state index in [4.69, 9.17) is 18.1 Å². The molecular formula is C19H24N2O4P2. The van der Waals surface area contributed by atoms with Crippen LogP contribution in [0.3, 0.4) is 0 Å². The van der Waals surface area contributed by atoms with Crippen molar-refractivity contribution in [2.24, 2.45) is 5.41 Å². The molecule has 0 N–H and O–H groups in total. The van der Waals surface area contributed by atoms with Crippen molar-refractivity contribution in [1.82, 2.24) is 0 Å². The summed E-state index contributed by atoms with van der Waals surface area (Å²) in [4.78, 5) is 0. The minimum atomic E-state index is -1.10. The van der Waals surface area contributed by atoms with E-state index in [-0.39, 0.29) is 5.41 Å². The number of para-hydroxylation sites is 2. The van der Waals surface area contributed by atoms with Crippen molar-refractivity contribution in [3.8, 4) is 0 Å². The predicted molar refractivity (Wildman–Crippen MR) is 110 cm³/mol. The lowest BCUT2D eigenvalue weighted by Crippen LogP contribution is -2.46. The molecule has 2 fully saturated rings. The second-order valence-corrected chi connectivity index (χ2v) is 9.97. The van der Waals surface area contributed by atoms with E-state index >= 15 is 0 Å². The molecule has 8 heteroatoms. The molecule has 2 aliphatic heterocycles. The average Bonchev–Trinajstić information content (AvgIpc) is 2.75. The SMILES string of the molecule is CN(c1ccccc1)P1OCC2(CO1)COP(N(C)c1ccccc1)OC2. The molecular weight excluding hydrogens is 382 g/mol. The summed E-state index contributed by atoms with van der Waals surface area (Å²) in [5.41, 5.74) is 1.94. The number of anilines is 2. The zero-order chi connectivity index (χ0) is 18.7. The monoisotopic (exact) mass is 406 g/mol. The van der Waals surface area contributed by atoms with E-state index in [1.54, 1.807) is 0 Å². The molecule has 0 aliphatic carbocycles. The molecule has 2 heterocycles. The Morgan fingerprint density at radius 2 is 0.963 bits per heavy atom. The van der Waals surface area contributed by atoms with Crippen LogP contribution in [0.5, 0.6) is 0 Å². The highest BCUT2D eigenvalue weighted by Crippen LogP contribution is 2.55. The molecule has 2 aromatic rings. The van der Waals surface area contributed by atoms with Gasteiger partial charge >= 0.3 is 0 Å². The normalized spacial score (nSPS) is 28.1. The lowest BCUT2D eigenvalue weighted by molar-refractivity contribution is -0.0534. The van der Waals surface area contributed by atoms with Crippen LogP contribution >= 0.6 is 17.1 Å². The quantitative estimate of drug-likeness (QED) is 0.680. The van der Waals surface area contributed by atoms with Gasteiger partial charge in [0.25, 0.3) is 17.1 Å². The molecule has 0 bridgehead atoms. The van der Waals surface area contributed by atoms with Crippen molar-refractivity contribution in [2.75, 3.05) is 49.9 Å². The van der Waals surface area contributed by atoms with E-state index in [1.807, 2.05) is 50.5 Å². The van der Waals surface area contributed by atoms with Crippen LogP contribution in [0.1, 0.15) is 0 Å². The summed E-state index contributed by atoms with van der Waals surface area (Å²) in [7, 11) is 1.80. The van der Waals surface area contributed by atoms with Gasteiger partial charge in [-0.2, -0.15) is 0 Å². The first-order valence-corrected chi connectivity index (χ1v) is 11.1. The molecule has 0 unspecified atom stereocenters. The minimum absolute atomic E-state index is 0.229. The minimum Gasteiger partial charge on any atom is -0.317 e. The zero-order valence-electron chi connectivity index (χ0n) is 15.5. The molecule has 2 aromatic carbocycles. The van der Waals surface area contributed by atoms with Gasteiger partial charge in [0, 0.05) is 25.5 Å². The summed E-state index contributed by atoms with van der Waals surface area (Å²) in [6.45, 7) is 2.31. The number of nitrogens with zero attached hydrogens (tertiary/aromatic N) is 2. The molecule has 2 saturated heterocycles. The predicted octanol–water partition coefficient (Wildman–Crippen LogP) is 4.79. The van der Waals surface area contributed by atoms with Gasteiger partial charge in [-0.05, 0) is 24.3 Å². The van der Waals surface area contributed by atoms with Gasteiger partial charge in [-0.1, -0.05) is 36.4 Å². The van der Waals surface area contributed by atoms with Gasteiger partial charge in [0.15, 0.2) is 0 Å². The summed E-state index contributed by atoms with van der Waals surface area (Å²) in [5.74, 6) is 0. The van der Waals surface area contributed by atoms with E-state index in [0.29, 0.717) is 26.4 Å². The Labute approximate surface area is 162 Å². The molecule has 0 amide bonds. The number of hydrogen-bond acceptors (Lipinski definition) is 6. The molecule has 6 nitrogen and oxygen atoms in total. The van der Waals surface area contributed by atoms with Crippen LogP contribution in [0.2, 0.25) is 0 Å². The van der Waals surface area contributed by atoms with Crippen LogP contribution in [0, 0.1) is 5.41 Å². The third kappa shape index (κ3) is 4.27. The topological polar surface area (TPSA) is 43.4 Å². The molecule has 1 spiro atoms. The van der Waals surface area contributed by atoms with Crippen LogP contribution in [-0.2, 0) is 18.1 Å². The van der Waals surface area contributed by atoms with Gasteiger partial charge in [-0.15, -0.1) is 0 Å². The molecule has 4 rings (SSSR count). The molecule has 27 heavy (non-hydrogen) atoms. The summed E-state index contributed by atoms with van der Waals surface area (Å²) in [5, 5.41) is 0. The highest BCUT2D eigenvalue weighted by molar-refractivity contribution is 7.49. The summed E-state index contributed by atoms with van der Waals surface area (Å²) in [6.07, 6.45) is 0. The van der Waals surface area contributed by atoms with Gasteiger partial charge in [0.05, 0.1) is 31.8 Å². The highest BCUT2D eigenvalue weighted by atomic mass is 31.2. The first-order valence-electron chi connectivity index (χ1n) is 8.86. The van der Waals surface area contributed by atoms with Gasteiger partial charge in [0.1, 0.15) is 0 Å². The molecule has 144 valence electrons. The second kappa shape index (κ2) is 8.40. The summed E-state index contributed by atoms with van der Waals surface area (Å²) < 4.78 is 28.4. The maximum atomic E-state index is 6.07. The van der Waals surface area contributed by atoms with E-state index in [1.165, 1.54) is 0 Å². The van der Waals surface area contributed by atoms with E-state index in [2.05, 4.69) is 33.6 Å². The van der Waals surface area contributed by atoms with Crippen LogP contribution in [0.15, 0.2) is 60.7 Å². The van der Waals surface area contributed by atoms with Crippen LogP contribution in [0.4, 0.5) is 11.4 Å². The fourth-order valence-electron chi connectivity index (χ4n) is 2.92. The highest BCUT2D eigenvalue weighted by Gasteiger charge is 2.44. The van der Waals surface area contributed by atoms with Gasteiger partial charge < -0.3 is 27.4 Å². The Morgan fingerprint density at radius 3 is 1.30 bits per heavy atom. The number of rotatable bonds is 4. The van der Waals surface area contributed by atoms with Crippen LogP contribution in [-0.4, -0.2) is 40.5 Å². The summed E-state index contributed by atoms with van der Waals surface area (Å²) in [6, 6.07) is 20.3. The van der Waals surface area contributed by atoms with Gasteiger partial charge in [-0.3, -0.25) is 0 Å². The van der Waals surface area contributed by atoms with Crippen molar-refractivity contribution in [1.29, 1.82) is 0 Å². The van der Waals surface area contributed by atoms with Crippen molar-refractivity contribution in [2.45, 2.75) is 0 Å². The molecule has 2 aliphatic rings. The fraction of sp³-hybridized carbons (Fsp3) is 0.368. The number of benzene rings is 2. The molecule has 0 radical (unpaired) electrons. The maximum Gasteiger partial charge on any atom is 0.289 e. The Kier molecular flexibility index (Phi) is 5.93. The van der Waals surface area contributed by atoms with Gasteiger partial charge in [0.2, 0.25) is 0 Å². The first-order chi connectivity index (χ1) is 13.2. The van der Waals surface area contributed by atoms with Crippen molar-refractivity contribution in [3.63, 3.8) is 0 Å². The first kappa shape index (κ1) is 19.1. The third-order valence-electron chi connectivity index (χ3n) is 4.67. The van der Waals surface area contributed by atoms with Crippen molar-refractivity contribution in [3.05, 3.63) is 60.7 Å². The molecule has 0 aromatic heterocycles. The Morgan fingerprint density at radius 1 is 0.630 bits per heavy atom. The van der Waals surface area contributed by atoms with Crippen LogP contribution in [0.25, 0.3) is 0 Å². The molecule has 0 atom stereocenters. The maximum absolute atomic E-state index is 6.07. The lowest BCUT2D eigenvalue weighted by atomic mass is 9.93. The largest absolute Gasteiger partial charge is 0.317 e. The third-order valence-corrected chi connectivity index (χ3v) is 7.52. The Bertz CT molecular complexity index is 654. The smallest absolute Gasteiger partial charge is 0.289 e. The van der Waals surface area contributed by atoms with E-state index < -0.39 is 17.1 Å². The van der Waals surface area contributed by atoms with E-state index in [9.17, 15) is 0 Å². The number of hydrogen-bond donors (Lipinski definition) is 0. The Hall–Kier alpha value is -1.26. The molecule has 0 saturated carbocycles. The van der Waals surface area contributed by atoms with Gasteiger partial charge in [-0.25, -0.2) is 0 Å². The zero-order valence-corrected chi connectivity index (χ0v) is 17.3. The Balaban J connectivity index is 1.31.